The van der Waals surface area contributed by atoms with Crippen molar-refractivity contribution in [1.82, 2.24) is 0 Å². The van der Waals surface area contributed by atoms with E-state index in [1.807, 2.05) is 24.3 Å². The molecule has 4 rings (SSSR count). The summed E-state index contributed by atoms with van der Waals surface area (Å²) >= 11 is 3.40. The Kier molecular flexibility index (Phi) is 3.65. The molecule has 0 saturated carbocycles. The zero-order valence-corrected chi connectivity index (χ0v) is 15.0. The number of ether oxygens (including phenoxy) is 1. The van der Waals surface area contributed by atoms with Gasteiger partial charge in [0.1, 0.15) is 23.0 Å². The van der Waals surface area contributed by atoms with Gasteiger partial charge in [-0.05, 0) is 31.5 Å². The SMILES string of the molecule is Cc1cc2c(c(=O)o1)C(c1ccc(Br)cc1)c1c(cc(C)oc1=O)O2. The zero-order chi connectivity index (χ0) is 17.7. The summed E-state index contributed by atoms with van der Waals surface area (Å²) in [5.74, 6) is 1.08. The summed E-state index contributed by atoms with van der Waals surface area (Å²) in [6, 6.07) is 10.7. The molecule has 2 aromatic heterocycles. The Bertz CT molecular complexity index is 1030. The monoisotopic (exact) mass is 400 g/mol. The normalized spacial score (nSPS) is 13.1. The Morgan fingerprint density at radius 2 is 1.32 bits per heavy atom. The van der Waals surface area contributed by atoms with E-state index in [9.17, 15) is 9.59 Å². The molecule has 126 valence electrons. The van der Waals surface area contributed by atoms with Crippen molar-refractivity contribution in [3.05, 3.63) is 89.9 Å². The molecular formula is C19H13BrO5. The van der Waals surface area contributed by atoms with Crippen molar-refractivity contribution in [2.24, 2.45) is 0 Å². The van der Waals surface area contributed by atoms with E-state index in [0.717, 1.165) is 10.0 Å². The van der Waals surface area contributed by atoms with Gasteiger partial charge in [-0.15, -0.1) is 0 Å². The summed E-state index contributed by atoms with van der Waals surface area (Å²) in [5, 5.41) is 0. The lowest BCUT2D eigenvalue weighted by molar-refractivity contribution is 0.389. The predicted molar refractivity (Wildman–Crippen MR) is 94.6 cm³/mol. The van der Waals surface area contributed by atoms with Gasteiger partial charge in [0, 0.05) is 16.6 Å². The molecular weight excluding hydrogens is 388 g/mol. The molecule has 1 aliphatic rings. The van der Waals surface area contributed by atoms with Crippen LogP contribution in [0, 0.1) is 13.8 Å². The van der Waals surface area contributed by atoms with Crippen LogP contribution in [0.2, 0.25) is 0 Å². The fraction of sp³-hybridized carbons (Fsp3) is 0.158. The molecule has 25 heavy (non-hydrogen) atoms. The predicted octanol–water partition coefficient (Wildman–Crippen LogP) is 4.26. The molecule has 0 radical (unpaired) electrons. The Hall–Kier alpha value is -2.60. The molecule has 0 N–H and O–H groups in total. The molecule has 0 saturated heterocycles. The molecule has 3 aromatic rings. The quantitative estimate of drug-likeness (QED) is 0.477. The van der Waals surface area contributed by atoms with Crippen molar-refractivity contribution < 1.29 is 13.6 Å². The van der Waals surface area contributed by atoms with Gasteiger partial charge in [-0.3, -0.25) is 0 Å². The number of aryl methyl sites for hydroxylation is 2. The smallest absolute Gasteiger partial charge is 0.343 e. The minimum Gasteiger partial charge on any atom is -0.456 e. The molecule has 3 heterocycles. The molecule has 1 aromatic carbocycles. The summed E-state index contributed by atoms with van der Waals surface area (Å²) in [6.07, 6.45) is 0. The van der Waals surface area contributed by atoms with Crippen LogP contribution >= 0.6 is 15.9 Å². The molecule has 6 heteroatoms. The minimum atomic E-state index is -0.611. The molecule has 0 fully saturated rings. The topological polar surface area (TPSA) is 69.7 Å². The van der Waals surface area contributed by atoms with Crippen LogP contribution in [0.4, 0.5) is 0 Å². The second-order valence-corrected chi connectivity index (χ2v) is 6.85. The summed E-state index contributed by atoms with van der Waals surface area (Å²) in [5.41, 5.74) is 0.344. The standard InChI is InChI=1S/C19H13BrO5/c1-9-7-13-16(18(21)23-9)15(11-3-5-12(20)6-4-11)17-14(25-13)8-10(2)24-19(17)22/h3-8,15H,1-2H3. The zero-order valence-electron chi connectivity index (χ0n) is 13.5. The maximum atomic E-state index is 12.5. The molecule has 0 bridgehead atoms. The first-order valence-electron chi connectivity index (χ1n) is 7.66. The number of halogens is 1. The number of fused-ring (bicyclic) bond motifs is 2. The third-order valence-corrected chi connectivity index (χ3v) is 4.68. The first kappa shape index (κ1) is 15.9. The lowest BCUT2D eigenvalue weighted by Gasteiger charge is -2.26. The van der Waals surface area contributed by atoms with Crippen molar-refractivity contribution in [1.29, 1.82) is 0 Å². The summed E-state index contributed by atoms with van der Waals surface area (Å²) in [4.78, 5) is 25.1. The molecule has 0 unspecified atom stereocenters. The molecule has 0 aliphatic carbocycles. The first-order chi connectivity index (χ1) is 11.9. The Morgan fingerprint density at radius 3 is 1.80 bits per heavy atom. The highest BCUT2D eigenvalue weighted by molar-refractivity contribution is 9.10. The van der Waals surface area contributed by atoms with E-state index < -0.39 is 17.2 Å². The van der Waals surface area contributed by atoms with Gasteiger partial charge in [0.05, 0.1) is 17.0 Å². The van der Waals surface area contributed by atoms with Crippen molar-refractivity contribution in [3.63, 3.8) is 0 Å². The van der Waals surface area contributed by atoms with Crippen LogP contribution in [0.15, 0.2) is 59.3 Å². The highest BCUT2D eigenvalue weighted by atomic mass is 79.9. The average Bonchev–Trinajstić information content (AvgIpc) is 2.53. The van der Waals surface area contributed by atoms with Gasteiger partial charge in [0.2, 0.25) is 0 Å². The Balaban J connectivity index is 2.07. The van der Waals surface area contributed by atoms with Crippen molar-refractivity contribution in [2.75, 3.05) is 0 Å². The van der Waals surface area contributed by atoms with Crippen LogP contribution in [-0.4, -0.2) is 0 Å². The van der Waals surface area contributed by atoms with E-state index in [4.69, 9.17) is 13.6 Å². The summed E-state index contributed by atoms with van der Waals surface area (Å²) in [6.45, 7) is 3.36. The second-order valence-electron chi connectivity index (χ2n) is 5.93. The van der Waals surface area contributed by atoms with Crippen LogP contribution in [0.3, 0.4) is 0 Å². The van der Waals surface area contributed by atoms with Gasteiger partial charge < -0.3 is 13.6 Å². The van der Waals surface area contributed by atoms with Crippen LogP contribution in [0.25, 0.3) is 0 Å². The lowest BCUT2D eigenvalue weighted by atomic mass is 9.84. The molecule has 1 aliphatic heterocycles. The highest BCUT2D eigenvalue weighted by Gasteiger charge is 2.35. The van der Waals surface area contributed by atoms with Gasteiger partial charge in [-0.1, -0.05) is 28.1 Å². The van der Waals surface area contributed by atoms with Crippen molar-refractivity contribution in [3.8, 4) is 11.5 Å². The molecule has 5 nitrogen and oxygen atoms in total. The van der Waals surface area contributed by atoms with Crippen molar-refractivity contribution >= 4 is 15.9 Å². The molecule has 0 spiro atoms. The Labute approximate surface area is 151 Å². The lowest BCUT2D eigenvalue weighted by Crippen LogP contribution is -2.26. The fourth-order valence-electron chi connectivity index (χ4n) is 3.13. The number of rotatable bonds is 1. The van der Waals surface area contributed by atoms with Gasteiger partial charge in [0.15, 0.2) is 0 Å². The third-order valence-electron chi connectivity index (χ3n) is 4.15. The maximum absolute atomic E-state index is 12.5. The minimum absolute atomic E-state index is 0.302. The molecule has 0 amide bonds. The van der Waals surface area contributed by atoms with Gasteiger partial charge in [0.25, 0.3) is 0 Å². The van der Waals surface area contributed by atoms with Gasteiger partial charge >= 0.3 is 11.3 Å². The van der Waals surface area contributed by atoms with Crippen LogP contribution < -0.4 is 16.0 Å². The Morgan fingerprint density at radius 1 is 0.840 bits per heavy atom. The van der Waals surface area contributed by atoms with Gasteiger partial charge in [-0.2, -0.15) is 0 Å². The fourth-order valence-corrected chi connectivity index (χ4v) is 3.39. The second kappa shape index (κ2) is 5.74. The van der Waals surface area contributed by atoms with E-state index in [1.165, 1.54) is 0 Å². The summed E-state index contributed by atoms with van der Waals surface area (Å²) in [7, 11) is 0. The van der Waals surface area contributed by atoms with E-state index >= 15 is 0 Å². The van der Waals surface area contributed by atoms with E-state index in [2.05, 4.69) is 15.9 Å². The van der Waals surface area contributed by atoms with Crippen LogP contribution in [0.5, 0.6) is 11.5 Å². The highest BCUT2D eigenvalue weighted by Crippen LogP contribution is 2.44. The largest absolute Gasteiger partial charge is 0.456 e. The maximum Gasteiger partial charge on any atom is 0.343 e. The first-order valence-corrected chi connectivity index (χ1v) is 8.46. The van der Waals surface area contributed by atoms with E-state index in [1.54, 1.807) is 26.0 Å². The number of benzene rings is 1. The summed E-state index contributed by atoms with van der Waals surface area (Å²) < 4.78 is 17.2. The van der Waals surface area contributed by atoms with E-state index in [0.29, 0.717) is 34.1 Å². The van der Waals surface area contributed by atoms with Gasteiger partial charge in [-0.25, -0.2) is 9.59 Å². The van der Waals surface area contributed by atoms with Crippen molar-refractivity contribution in [2.45, 2.75) is 19.8 Å². The van der Waals surface area contributed by atoms with E-state index in [-0.39, 0.29) is 0 Å². The van der Waals surface area contributed by atoms with Crippen LogP contribution in [0.1, 0.15) is 34.1 Å². The number of hydrogen-bond acceptors (Lipinski definition) is 5. The third kappa shape index (κ3) is 2.62. The average molecular weight is 401 g/mol. The number of hydrogen-bond donors (Lipinski definition) is 0. The molecule has 0 atom stereocenters. The van der Waals surface area contributed by atoms with Crippen LogP contribution in [-0.2, 0) is 0 Å².